The number of aryl methyl sites for hydroxylation is 1. The molecule has 1 aromatic heterocycles. The van der Waals surface area contributed by atoms with Crippen molar-refractivity contribution < 1.29 is 19.1 Å². The quantitative estimate of drug-likeness (QED) is 0.786. The molecule has 134 valence electrons. The third-order valence-corrected chi connectivity index (χ3v) is 4.63. The minimum Gasteiger partial charge on any atom is -0.452 e. The van der Waals surface area contributed by atoms with E-state index in [2.05, 4.69) is 10.6 Å². The van der Waals surface area contributed by atoms with Crippen molar-refractivity contribution in [3.8, 4) is 6.07 Å². The number of hydrogen-bond donors (Lipinski definition) is 2. The normalized spacial score (nSPS) is 9.92. The molecule has 0 aliphatic heterocycles. The van der Waals surface area contributed by atoms with E-state index in [1.54, 1.807) is 31.2 Å². The summed E-state index contributed by atoms with van der Waals surface area (Å²) < 4.78 is 5.08. The van der Waals surface area contributed by atoms with Crippen LogP contribution in [0.5, 0.6) is 0 Å². The van der Waals surface area contributed by atoms with E-state index in [1.807, 2.05) is 13.0 Å². The highest BCUT2D eigenvalue weighted by Gasteiger charge is 2.22. The third-order valence-electron chi connectivity index (χ3n) is 3.51. The zero-order valence-corrected chi connectivity index (χ0v) is 15.3. The first kappa shape index (κ1) is 19.1. The van der Waals surface area contributed by atoms with Crippen molar-refractivity contribution in [2.75, 3.05) is 17.2 Å². The van der Waals surface area contributed by atoms with Gasteiger partial charge in [-0.15, -0.1) is 11.3 Å². The first-order valence-corrected chi connectivity index (χ1v) is 8.48. The molecule has 0 unspecified atom stereocenters. The Morgan fingerprint density at radius 3 is 2.38 bits per heavy atom. The van der Waals surface area contributed by atoms with Crippen LogP contribution in [-0.2, 0) is 14.3 Å². The summed E-state index contributed by atoms with van der Waals surface area (Å²) >= 11 is 1.28. The summed E-state index contributed by atoms with van der Waals surface area (Å²) in [5.41, 5.74) is 1.93. The van der Waals surface area contributed by atoms with Gasteiger partial charge in [-0.05, 0) is 43.7 Å². The van der Waals surface area contributed by atoms with E-state index in [4.69, 9.17) is 10.00 Å². The van der Waals surface area contributed by atoms with Crippen LogP contribution < -0.4 is 10.6 Å². The van der Waals surface area contributed by atoms with Gasteiger partial charge in [-0.1, -0.05) is 0 Å². The maximum atomic E-state index is 12.3. The molecular weight excluding hydrogens is 354 g/mol. The summed E-state index contributed by atoms with van der Waals surface area (Å²) in [6.07, 6.45) is 0. The molecule has 2 N–H and O–H groups in total. The van der Waals surface area contributed by atoms with Crippen LogP contribution in [0.4, 0.5) is 10.7 Å². The Hall–Kier alpha value is -3.18. The van der Waals surface area contributed by atoms with Crippen molar-refractivity contribution in [3.05, 3.63) is 45.8 Å². The van der Waals surface area contributed by atoms with Crippen molar-refractivity contribution >= 4 is 39.8 Å². The molecule has 8 heteroatoms. The summed E-state index contributed by atoms with van der Waals surface area (Å²) in [7, 11) is 0. The highest BCUT2D eigenvalue weighted by molar-refractivity contribution is 7.16. The molecule has 0 fully saturated rings. The number of carbonyl (C=O) groups is 3. The number of rotatable bonds is 5. The summed E-state index contributed by atoms with van der Waals surface area (Å²) in [6, 6.07) is 8.28. The summed E-state index contributed by atoms with van der Waals surface area (Å²) in [6.45, 7) is 4.47. The van der Waals surface area contributed by atoms with E-state index in [0.717, 1.165) is 4.88 Å². The van der Waals surface area contributed by atoms with Gasteiger partial charge >= 0.3 is 5.97 Å². The van der Waals surface area contributed by atoms with Gasteiger partial charge in [0.15, 0.2) is 6.61 Å². The number of ether oxygens (including phenoxy) is 1. The monoisotopic (exact) mass is 371 g/mol. The molecule has 0 aliphatic rings. The molecule has 2 amide bonds. The molecule has 1 aromatic carbocycles. The maximum absolute atomic E-state index is 12.3. The van der Waals surface area contributed by atoms with Crippen LogP contribution in [0, 0.1) is 25.2 Å². The molecule has 0 saturated carbocycles. The van der Waals surface area contributed by atoms with Gasteiger partial charge in [0, 0.05) is 17.5 Å². The molecule has 2 aromatic rings. The molecule has 0 aliphatic carbocycles. The lowest BCUT2D eigenvalue weighted by molar-refractivity contribution is -0.119. The zero-order chi connectivity index (χ0) is 19.3. The summed E-state index contributed by atoms with van der Waals surface area (Å²) in [5, 5.41) is 14.3. The number of benzene rings is 1. The fourth-order valence-corrected chi connectivity index (χ4v) is 3.24. The molecule has 0 atom stereocenters. The average molecular weight is 371 g/mol. The Morgan fingerprint density at radius 1 is 1.15 bits per heavy atom. The van der Waals surface area contributed by atoms with Gasteiger partial charge in [-0.3, -0.25) is 9.59 Å². The first-order valence-electron chi connectivity index (χ1n) is 7.66. The lowest BCUT2D eigenvalue weighted by Crippen LogP contribution is -2.21. The van der Waals surface area contributed by atoms with Crippen molar-refractivity contribution in [2.24, 2.45) is 0 Å². The number of thiophene rings is 1. The number of amides is 2. The minimum atomic E-state index is -0.675. The third kappa shape index (κ3) is 4.68. The smallest absolute Gasteiger partial charge is 0.341 e. The van der Waals surface area contributed by atoms with E-state index in [-0.39, 0.29) is 11.5 Å². The lowest BCUT2D eigenvalue weighted by Gasteiger charge is -2.08. The van der Waals surface area contributed by atoms with Gasteiger partial charge in [-0.2, -0.15) is 5.26 Å². The predicted molar refractivity (Wildman–Crippen MR) is 98.2 cm³/mol. The van der Waals surface area contributed by atoms with Crippen LogP contribution in [-0.4, -0.2) is 24.4 Å². The second-order valence-electron chi connectivity index (χ2n) is 5.48. The van der Waals surface area contributed by atoms with Gasteiger partial charge in [-0.25, -0.2) is 4.79 Å². The maximum Gasteiger partial charge on any atom is 0.341 e. The Kier molecular flexibility index (Phi) is 6.09. The fourth-order valence-electron chi connectivity index (χ4n) is 2.15. The molecule has 0 bridgehead atoms. The molecule has 0 radical (unpaired) electrons. The second-order valence-corrected chi connectivity index (χ2v) is 6.71. The number of esters is 1. The Labute approximate surface area is 154 Å². The van der Waals surface area contributed by atoms with Crippen molar-refractivity contribution in [1.29, 1.82) is 5.26 Å². The highest BCUT2D eigenvalue weighted by Crippen LogP contribution is 2.32. The van der Waals surface area contributed by atoms with Gasteiger partial charge < -0.3 is 15.4 Å². The highest BCUT2D eigenvalue weighted by atomic mass is 32.1. The largest absolute Gasteiger partial charge is 0.452 e. The van der Waals surface area contributed by atoms with Gasteiger partial charge in [0.1, 0.15) is 5.00 Å². The lowest BCUT2D eigenvalue weighted by atomic mass is 10.1. The van der Waals surface area contributed by atoms with Crippen LogP contribution in [0.1, 0.15) is 33.3 Å². The van der Waals surface area contributed by atoms with Crippen LogP contribution in [0.15, 0.2) is 24.3 Å². The molecule has 7 nitrogen and oxygen atoms in total. The standard InChI is InChI=1S/C18H17N3O4S/c1-10-11(2)26-17(20-12(3)22)16(10)18(24)25-9-15(23)21-14-6-4-13(8-19)5-7-14/h4-7H,9H2,1-3H3,(H,20,22)(H,21,23). The number of nitriles is 1. The first-order chi connectivity index (χ1) is 12.3. The molecule has 26 heavy (non-hydrogen) atoms. The van der Waals surface area contributed by atoms with Crippen LogP contribution in [0.25, 0.3) is 0 Å². The number of anilines is 2. The van der Waals surface area contributed by atoms with Crippen molar-refractivity contribution in [1.82, 2.24) is 0 Å². The fraction of sp³-hybridized carbons (Fsp3) is 0.222. The molecule has 0 spiro atoms. The number of nitrogens with one attached hydrogen (secondary N) is 2. The van der Waals surface area contributed by atoms with Crippen molar-refractivity contribution in [3.63, 3.8) is 0 Å². The molecule has 2 rings (SSSR count). The van der Waals surface area contributed by atoms with Crippen LogP contribution >= 0.6 is 11.3 Å². The van der Waals surface area contributed by atoms with Crippen molar-refractivity contribution in [2.45, 2.75) is 20.8 Å². The van der Waals surface area contributed by atoms with E-state index < -0.39 is 18.5 Å². The predicted octanol–water partition coefficient (Wildman–Crippen LogP) is 2.99. The zero-order valence-electron chi connectivity index (χ0n) is 14.5. The van der Waals surface area contributed by atoms with E-state index in [0.29, 0.717) is 21.8 Å². The average Bonchev–Trinajstić information content (AvgIpc) is 2.86. The van der Waals surface area contributed by atoms with Crippen LogP contribution in [0.2, 0.25) is 0 Å². The van der Waals surface area contributed by atoms with E-state index in [1.165, 1.54) is 18.3 Å². The van der Waals surface area contributed by atoms with E-state index >= 15 is 0 Å². The number of nitrogens with zero attached hydrogens (tertiary/aromatic N) is 1. The van der Waals surface area contributed by atoms with E-state index in [9.17, 15) is 14.4 Å². The number of hydrogen-bond acceptors (Lipinski definition) is 6. The van der Waals surface area contributed by atoms with Crippen LogP contribution in [0.3, 0.4) is 0 Å². The Balaban J connectivity index is 2.00. The molecular formula is C18H17N3O4S. The molecule has 0 saturated heterocycles. The summed E-state index contributed by atoms with van der Waals surface area (Å²) in [4.78, 5) is 36.4. The van der Waals surface area contributed by atoms with Gasteiger partial charge in [0.05, 0.1) is 17.2 Å². The SMILES string of the molecule is CC(=O)Nc1sc(C)c(C)c1C(=O)OCC(=O)Nc1ccc(C#N)cc1. The Bertz CT molecular complexity index is 894. The second kappa shape index (κ2) is 8.27. The summed E-state index contributed by atoms with van der Waals surface area (Å²) in [5.74, 6) is -1.47. The minimum absolute atomic E-state index is 0.258. The Morgan fingerprint density at radius 2 is 1.81 bits per heavy atom. The van der Waals surface area contributed by atoms with Gasteiger partial charge in [0.25, 0.3) is 5.91 Å². The topological polar surface area (TPSA) is 108 Å². The van der Waals surface area contributed by atoms with Gasteiger partial charge in [0.2, 0.25) is 5.91 Å². The number of carbonyl (C=O) groups excluding carboxylic acids is 3. The molecule has 1 heterocycles.